The molecule has 0 saturated carbocycles. The third kappa shape index (κ3) is 3.33. The standard InChI is InChI=1S/C13H11F3N2O3/c1-2-7-11(19)17-10(18-12(7)20)8-5-3-4-6-9(8)21-13(14,15)16/h3-6H,2H2,1H3,(H2,17,18,19,20). The number of benzene rings is 1. The number of aromatic hydroxyl groups is 1. The minimum atomic E-state index is -4.87. The van der Waals surface area contributed by atoms with E-state index in [1.165, 1.54) is 18.2 Å². The van der Waals surface area contributed by atoms with Crippen LogP contribution in [0.1, 0.15) is 12.5 Å². The summed E-state index contributed by atoms with van der Waals surface area (Å²) in [5.74, 6) is -1.23. The Bertz CT molecular complexity index is 711. The van der Waals surface area contributed by atoms with E-state index in [0.717, 1.165) is 6.07 Å². The molecule has 0 unspecified atom stereocenters. The van der Waals surface area contributed by atoms with Gasteiger partial charge in [0.15, 0.2) is 0 Å². The lowest BCUT2D eigenvalue weighted by Crippen LogP contribution is -2.18. The Morgan fingerprint density at radius 3 is 2.57 bits per heavy atom. The topological polar surface area (TPSA) is 75.2 Å². The molecular formula is C13H11F3N2O3. The number of rotatable bonds is 3. The Morgan fingerprint density at radius 1 is 1.33 bits per heavy atom. The first-order valence-electron chi connectivity index (χ1n) is 5.99. The lowest BCUT2D eigenvalue weighted by molar-refractivity contribution is -0.274. The number of alkyl halides is 3. The number of nitrogens with one attached hydrogen (secondary N) is 1. The fraction of sp³-hybridized carbons (Fsp3) is 0.231. The lowest BCUT2D eigenvalue weighted by atomic mass is 10.1. The molecule has 0 aliphatic rings. The predicted octanol–water partition coefficient (Wildman–Crippen LogP) is 2.60. The van der Waals surface area contributed by atoms with Crippen molar-refractivity contribution >= 4 is 0 Å². The predicted molar refractivity (Wildman–Crippen MR) is 68.0 cm³/mol. The van der Waals surface area contributed by atoms with E-state index in [1.54, 1.807) is 6.92 Å². The molecule has 2 rings (SSSR count). The highest BCUT2D eigenvalue weighted by Crippen LogP contribution is 2.32. The number of aromatic nitrogens is 2. The molecule has 1 heterocycles. The van der Waals surface area contributed by atoms with E-state index in [1.807, 2.05) is 0 Å². The van der Waals surface area contributed by atoms with E-state index in [0.29, 0.717) is 0 Å². The van der Waals surface area contributed by atoms with Gasteiger partial charge in [-0.15, -0.1) is 13.2 Å². The van der Waals surface area contributed by atoms with Crippen molar-refractivity contribution in [2.75, 3.05) is 0 Å². The molecule has 1 aromatic carbocycles. The highest BCUT2D eigenvalue weighted by atomic mass is 19.4. The van der Waals surface area contributed by atoms with Gasteiger partial charge in [0.2, 0.25) is 5.88 Å². The maximum absolute atomic E-state index is 12.4. The van der Waals surface area contributed by atoms with Gasteiger partial charge in [-0.1, -0.05) is 19.1 Å². The zero-order valence-corrected chi connectivity index (χ0v) is 10.9. The first-order valence-corrected chi connectivity index (χ1v) is 5.99. The van der Waals surface area contributed by atoms with Gasteiger partial charge in [0.25, 0.3) is 5.56 Å². The van der Waals surface area contributed by atoms with Crippen LogP contribution >= 0.6 is 0 Å². The monoisotopic (exact) mass is 300 g/mol. The smallest absolute Gasteiger partial charge is 0.493 e. The maximum Gasteiger partial charge on any atom is 0.573 e. The van der Waals surface area contributed by atoms with E-state index in [4.69, 9.17) is 0 Å². The average molecular weight is 300 g/mol. The maximum atomic E-state index is 12.4. The highest BCUT2D eigenvalue weighted by molar-refractivity contribution is 5.64. The molecule has 0 amide bonds. The Morgan fingerprint density at radius 2 is 2.00 bits per heavy atom. The summed E-state index contributed by atoms with van der Waals surface area (Å²) in [4.78, 5) is 17.8. The van der Waals surface area contributed by atoms with Crippen LogP contribution in [0.5, 0.6) is 11.6 Å². The second-order valence-corrected chi connectivity index (χ2v) is 4.11. The van der Waals surface area contributed by atoms with Crippen molar-refractivity contribution in [3.05, 3.63) is 40.2 Å². The number of hydrogen-bond acceptors (Lipinski definition) is 4. The number of ether oxygens (including phenoxy) is 1. The van der Waals surface area contributed by atoms with Crippen LogP contribution in [0.3, 0.4) is 0 Å². The van der Waals surface area contributed by atoms with Gasteiger partial charge in [-0.05, 0) is 18.6 Å². The van der Waals surface area contributed by atoms with E-state index >= 15 is 0 Å². The summed E-state index contributed by atoms with van der Waals surface area (Å²) in [5.41, 5.74) is -0.625. The van der Waals surface area contributed by atoms with Crippen LogP contribution < -0.4 is 10.3 Å². The van der Waals surface area contributed by atoms with Crippen molar-refractivity contribution in [1.29, 1.82) is 0 Å². The summed E-state index contributed by atoms with van der Waals surface area (Å²) in [6, 6.07) is 5.20. The van der Waals surface area contributed by atoms with E-state index in [2.05, 4.69) is 14.7 Å². The summed E-state index contributed by atoms with van der Waals surface area (Å²) < 4.78 is 40.9. The molecule has 0 atom stereocenters. The van der Waals surface area contributed by atoms with Gasteiger partial charge in [0, 0.05) is 0 Å². The van der Waals surface area contributed by atoms with E-state index < -0.39 is 23.6 Å². The molecule has 0 saturated heterocycles. The Kier molecular flexibility index (Phi) is 3.88. The molecule has 2 aromatic rings. The SMILES string of the molecule is CCc1c(O)nc(-c2ccccc2OC(F)(F)F)[nH]c1=O. The molecular weight excluding hydrogens is 289 g/mol. The molecule has 21 heavy (non-hydrogen) atoms. The number of hydrogen-bond donors (Lipinski definition) is 2. The second kappa shape index (κ2) is 5.47. The summed E-state index contributed by atoms with van der Waals surface area (Å²) in [6.07, 6.45) is -4.63. The highest BCUT2D eigenvalue weighted by Gasteiger charge is 2.32. The third-order valence-corrected chi connectivity index (χ3v) is 2.72. The summed E-state index contributed by atoms with van der Waals surface area (Å²) >= 11 is 0. The van der Waals surface area contributed by atoms with Gasteiger partial charge in [0.1, 0.15) is 11.6 Å². The first-order chi connectivity index (χ1) is 9.81. The summed E-state index contributed by atoms with van der Waals surface area (Å²) in [5, 5.41) is 9.66. The number of H-pyrrole nitrogens is 1. The van der Waals surface area contributed by atoms with Crippen LogP contribution in [0.4, 0.5) is 13.2 Å². The van der Waals surface area contributed by atoms with Gasteiger partial charge in [-0.3, -0.25) is 4.79 Å². The number of aromatic amines is 1. The van der Waals surface area contributed by atoms with Gasteiger partial charge < -0.3 is 14.8 Å². The molecule has 0 aliphatic carbocycles. The van der Waals surface area contributed by atoms with Crippen molar-refractivity contribution in [3.8, 4) is 23.0 Å². The molecule has 0 fully saturated rings. The minimum Gasteiger partial charge on any atom is -0.493 e. The molecule has 2 N–H and O–H groups in total. The van der Waals surface area contributed by atoms with Crippen LogP contribution in [0.25, 0.3) is 11.4 Å². The van der Waals surface area contributed by atoms with Crippen molar-refractivity contribution < 1.29 is 23.0 Å². The van der Waals surface area contributed by atoms with Crippen LogP contribution in [0, 0.1) is 0 Å². The molecule has 5 nitrogen and oxygen atoms in total. The summed E-state index contributed by atoms with van der Waals surface area (Å²) in [7, 11) is 0. The Hall–Kier alpha value is -2.51. The molecule has 0 aliphatic heterocycles. The van der Waals surface area contributed by atoms with E-state index in [9.17, 15) is 23.1 Å². The fourth-order valence-electron chi connectivity index (χ4n) is 1.81. The van der Waals surface area contributed by atoms with Gasteiger partial charge in [-0.2, -0.15) is 4.98 Å². The Labute approximate surface area is 117 Å². The zero-order chi connectivity index (χ0) is 15.6. The largest absolute Gasteiger partial charge is 0.573 e. The average Bonchev–Trinajstić information content (AvgIpc) is 2.37. The summed E-state index contributed by atoms with van der Waals surface area (Å²) in [6.45, 7) is 1.65. The third-order valence-electron chi connectivity index (χ3n) is 2.72. The fourth-order valence-corrected chi connectivity index (χ4v) is 1.81. The Balaban J connectivity index is 2.55. The van der Waals surface area contributed by atoms with Gasteiger partial charge in [0.05, 0.1) is 11.1 Å². The van der Waals surface area contributed by atoms with Crippen molar-refractivity contribution in [1.82, 2.24) is 9.97 Å². The molecule has 112 valence electrons. The second-order valence-electron chi connectivity index (χ2n) is 4.11. The van der Waals surface area contributed by atoms with Crippen molar-refractivity contribution in [2.45, 2.75) is 19.7 Å². The molecule has 0 radical (unpaired) electrons. The quantitative estimate of drug-likeness (QED) is 0.913. The van der Waals surface area contributed by atoms with Gasteiger partial charge >= 0.3 is 6.36 Å². The van der Waals surface area contributed by atoms with Crippen LogP contribution in [0.15, 0.2) is 29.1 Å². The first kappa shape index (κ1) is 14.9. The van der Waals surface area contributed by atoms with Crippen molar-refractivity contribution in [3.63, 3.8) is 0 Å². The minimum absolute atomic E-state index is 0.0629. The molecule has 8 heteroatoms. The van der Waals surface area contributed by atoms with Gasteiger partial charge in [-0.25, -0.2) is 0 Å². The number of para-hydroxylation sites is 1. The van der Waals surface area contributed by atoms with Crippen LogP contribution in [-0.2, 0) is 6.42 Å². The number of nitrogens with zero attached hydrogens (tertiary/aromatic N) is 1. The molecule has 0 bridgehead atoms. The van der Waals surface area contributed by atoms with Crippen LogP contribution in [0.2, 0.25) is 0 Å². The normalized spacial score (nSPS) is 11.4. The number of halogens is 3. The molecule has 1 aromatic heterocycles. The lowest BCUT2D eigenvalue weighted by Gasteiger charge is -2.13. The van der Waals surface area contributed by atoms with E-state index in [-0.39, 0.29) is 23.4 Å². The zero-order valence-electron chi connectivity index (χ0n) is 10.9. The molecule has 0 spiro atoms. The van der Waals surface area contributed by atoms with Crippen LogP contribution in [-0.4, -0.2) is 21.4 Å². The van der Waals surface area contributed by atoms with Crippen molar-refractivity contribution in [2.24, 2.45) is 0 Å².